The molecule has 1 aromatic heterocycles. The molecule has 0 amide bonds. The molecule has 6 heteroatoms. The van der Waals surface area contributed by atoms with Gasteiger partial charge in [0.2, 0.25) is 0 Å². The summed E-state index contributed by atoms with van der Waals surface area (Å²) in [5.41, 5.74) is 1.61. The fraction of sp³-hybridized carbons (Fsp3) is 0.500. The van der Waals surface area contributed by atoms with Gasteiger partial charge in [0, 0.05) is 6.61 Å². The summed E-state index contributed by atoms with van der Waals surface area (Å²) < 4.78 is 12.3. The van der Waals surface area contributed by atoms with Crippen molar-refractivity contribution < 1.29 is 14.3 Å². The van der Waals surface area contributed by atoms with Gasteiger partial charge in [-0.2, -0.15) is 0 Å². The third kappa shape index (κ3) is 2.96. The second-order valence-corrected chi connectivity index (χ2v) is 4.91. The smallest absolute Gasteiger partial charge is 0.327 e. The summed E-state index contributed by atoms with van der Waals surface area (Å²) >= 11 is 0. The van der Waals surface area contributed by atoms with Gasteiger partial charge in [-0.25, -0.2) is 4.68 Å². The van der Waals surface area contributed by atoms with E-state index in [1.165, 1.54) is 0 Å². The van der Waals surface area contributed by atoms with Crippen molar-refractivity contribution in [1.82, 2.24) is 15.0 Å². The zero-order chi connectivity index (χ0) is 13.8. The van der Waals surface area contributed by atoms with Crippen molar-refractivity contribution in [2.75, 3.05) is 13.2 Å². The lowest BCUT2D eigenvalue weighted by molar-refractivity contribution is -0.150. The number of ether oxygens (including phenoxy) is 2. The molecule has 0 radical (unpaired) electrons. The first-order valence-corrected chi connectivity index (χ1v) is 6.88. The minimum absolute atomic E-state index is 0.0418. The molecular weight excluding hydrogens is 258 g/mol. The van der Waals surface area contributed by atoms with Crippen LogP contribution in [0.2, 0.25) is 0 Å². The van der Waals surface area contributed by atoms with E-state index in [2.05, 4.69) is 10.3 Å². The second kappa shape index (κ2) is 6.00. The molecule has 2 aromatic rings. The number of nitrogens with zero attached hydrogens (tertiary/aromatic N) is 3. The summed E-state index contributed by atoms with van der Waals surface area (Å²) in [5.74, 6) is -0.310. The van der Waals surface area contributed by atoms with Gasteiger partial charge in [-0.1, -0.05) is 17.3 Å². The van der Waals surface area contributed by atoms with Crippen LogP contribution in [-0.4, -0.2) is 40.3 Å². The summed E-state index contributed by atoms with van der Waals surface area (Å²) in [7, 11) is 0. The standard InChI is InChI=1S/C14H17N3O3/c18-14(20-10-11-5-3-4-8-19-11)9-17-13-7-2-1-6-12(13)15-16-17/h1-2,6-7,11H,3-5,8-10H2. The first kappa shape index (κ1) is 13.1. The zero-order valence-electron chi connectivity index (χ0n) is 11.2. The Morgan fingerprint density at radius 3 is 3.15 bits per heavy atom. The van der Waals surface area contributed by atoms with E-state index in [4.69, 9.17) is 9.47 Å². The number of carbonyl (C=O) groups is 1. The van der Waals surface area contributed by atoms with E-state index in [1.807, 2.05) is 24.3 Å². The van der Waals surface area contributed by atoms with E-state index < -0.39 is 0 Å². The van der Waals surface area contributed by atoms with Gasteiger partial charge in [-0.05, 0) is 31.4 Å². The Bertz CT molecular complexity index is 590. The minimum Gasteiger partial charge on any atom is -0.462 e. The molecule has 1 aliphatic rings. The highest BCUT2D eigenvalue weighted by molar-refractivity contribution is 5.76. The molecule has 0 N–H and O–H groups in total. The van der Waals surface area contributed by atoms with Gasteiger partial charge in [0.15, 0.2) is 0 Å². The molecule has 1 saturated heterocycles. The van der Waals surface area contributed by atoms with Crippen molar-refractivity contribution in [2.45, 2.75) is 31.9 Å². The molecule has 0 saturated carbocycles. The van der Waals surface area contributed by atoms with Crippen LogP contribution in [0.3, 0.4) is 0 Å². The number of hydrogen-bond acceptors (Lipinski definition) is 5. The zero-order valence-corrected chi connectivity index (χ0v) is 11.2. The first-order valence-electron chi connectivity index (χ1n) is 6.88. The molecule has 1 atom stereocenters. The second-order valence-electron chi connectivity index (χ2n) is 4.91. The largest absolute Gasteiger partial charge is 0.462 e. The van der Waals surface area contributed by atoms with E-state index in [0.717, 1.165) is 36.9 Å². The average molecular weight is 275 g/mol. The molecule has 1 unspecified atom stereocenters. The van der Waals surface area contributed by atoms with Crippen molar-refractivity contribution in [1.29, 1.82) is 0 Å². The summed E-state index contributed by atoms with van der Waals surface area (Å²) in [5, 5.41) is 7.97. The summed E-state index contributed by atoms with van der Waals surface area (Å²) in [4.78, 5) is 11.8. The maximum absolute atomic E-state index is 11.8. The third-order valence-electron chi connectivity index (χ3n) is 3.40. The molecule has 106 valence electrons. The van der Waals surface area contributed by atoms with Crippen LogP contribution >= 0.6 is 0 Å². The molecule has 0 bridgehead atoms. The Morgan fingerprint density at radius 1 is 1.40 bits per heavy atom. The topological polar surface area (TPSA) is 66.2 Å². The highest BCUT2D eigenvalue weighted by Crippen LogP contribution is 2.13. The number of carbonyl (C=O) groups excluding carboxylic acids is 1. The van der Waals surface area contributed by atoms with Crippen LogP contribution in [0.15, 0.2) is 24.3 Å². The van der Waals surface area contributed by atoms with Crippen LogP contribution in [0.4, 0.5) is 0 Å². The molecule has 1 aliphatic heterocycles. The van der Waals surface area contributed by atoms with Crippen molar-refractivity contribution in [3.05, 3.63) is 24.3 Å². The lowest BCUT2D eigenvalue weighted by atomic mass is 10.1. The molecule has 2 heterocycles. The normalized spacial score (nSPS) is 19.1. The number of rotatable bonds is 4. The monoisotopic (exact) mass is 275 g/mol. The SMILES string of the molecule is O=C(Cn1nnc2ccccc21)OCC1CCCCO1. The maximum atomic E-state index is 11.8. The number of hydrogen-bond donors (Lipinski definition) is 0. The summed E-state index contributed by atoms with van der Waals surface area (Å²) in [6.07, 6.45) is 3.23. The van der Waals surface area contributed by atoms with Crippen molar-refractivity contribution in [3.8, 4) is 0 Å². The van der Waals surface area contributed by atoms with Gasteiger partial charge in [0.05, 0.1) is 11.6 Å². The number of aromatic nitrogens is 3. The fourth-order valence-electron chi connectivity index (χ4n) is 2.33. The van der Waals surface area contributed by atoms with Crippen LogP contribution in [0.25, 0.3) is 11.0 Å². The van der Waals surface area contributed by atoms with Crippen LogP contribution in [0.5, 0.6) is 0 Å². The highest BCUT2D eigenvalue weighted by atomic mass is 16.6. The van der Waals surface area contributed by atoms with Crippen LogP contribution in [-0.2, 0) is 20.8 Å². The van der Waals surface area contributed by atoms with E-state index in [0.29, 0.717) is 6.61 Å². The fourth-order valence-corrected chi connectivity index (χ4v) is 2.33. The number of esters is 1. The van der Waals surface area contributed by atoms with E-state index in [9.17, 15) is 4.79 Å². The van der Waals surface area contributed by atoms with Gasteiger partial charge < -0.3 is 9.47 Å². The molecule has 1 fully saturated rings. The van der Waals surface area contributed by atoms with Gasteiger partial charge in [0.25, 0.3) is 0 Å². The quantitative estimate of drug-likeness (QED) is 0.792. The van der Waals surface area contributed by atoms with Gasteiger partial charge in [0.1, 0.15) is 18.7 Å². The molecular formula is C14H17N3O3. The Morgan fingerprint density at radius 2 is 2.30 bits per heavy atom. The lowest BCUT2D eigenvalue weighted by Gasteiger charge is -2.22. The molecule has 3 rings (SSSR count). The predicted octanol–water partition coefficient (Wildman–Crippen LogP) is 1.54. The lowest BCUT2D eigenvalue weighted by Crippen LogP contribution is -2.27. The molecule has 20 heavy (non-hydrogen) atoms. The minimum atomic E-state index is -0.310. The van der Waals surface area contributed by atoms with E-state index in [1.54, 1.807) is 4.68 Å². The number of fused-ring (bicyclic) bond motifs is 1. The number of para-hydroxylation sites is 1. The van der Waals surface area contributed by atoms with Crippen molar-refractivity contribution in [3.63, 3.8) is 0 Å². The van der Waals surface area contributed by atoms with Gasteiger partial charge >= 0.3 is 5.97 Å². The molecule has 6 nitrogen and oxygen atoms in total. The Labute approximate surface area is 116 Å². The predicted molar refractivity (Wildman–Crippen MR) is 72.1 cm³/mol. The van der Waals surface area contributed by atoms with Gasteiger partial charge in [-0.3, -0.25) is 4.79 Å². The Hall–Kier alpha value is -1.95. The number of benzene rings is 1. The first-order chi connectivity index (χ1) is 9.83. The van der Waals surface area contributed by atoms with Crippen LogP contribution < -0.4 is 0 Å². The van der Waals surface area contributed by atoms with Crippen molar-refractivity contribution in [2.24, 2.45) is 0 Å². The maximum Gasteiger partial charge on any atom is 0.327 e. The average Bonchev–Trinajstić information content (AvgIpc) is 2.90. The van der Waals surface area contributed by atoms with Gasteiger partial charge in [-0.15, -0.1) is 5.10 Å². The highest BCUT2D eigenvalue weighted by Gasteiger charge is 2.16. The molecule has 0 spiro atoms. The van der Waals surface area contributed by atoms with Crippen molar-refractivity contribution >= 4 is 17.0 Å². The molecule has 1 aromatic carbocycles. The summed E-state index contributed by atoms with van der Waals surface area (Å²) in [6, 6.07) is 7.52. The third-order valence-corrected chi connectivity index (χ3v) is 3.40. The van der Waals surface area contributed by atoms with E-state index in [-0.39, 0.29) is 18.6 Å². The summed E-state index contributed by atoms with van der Waals surface area (Å²) in [6.45, 7) is 1.16. The Balaban J connectivity index is 1.55. The van der Waals surface area contributed by atoms with Crippen LogP contribution in [0, 0.1) is 0 Å². The Kier molecular flexibility index (Phi) is 3.92. The molecule has 0 aliphatic carbocycles. The van der Waals surface area contributed by atoms with Crippen LogP contribution in [0.1, 0.15) is 19.3 Å². The van der Waals surface area contributed by atoms with E-state index >= 15 is 0 Å².